The van der Waals surface area contributed by atoms with Gasteiger partial charge in [-0.05, 0) is 36.5 Å². The minimum Gasteiger partial charge on any atom is -0.372 e. The fraction of sp³-hybridized carbons (Fsp3) is 0.583. The average Bonchev–Trinajstić information content (AvgIpc) is 2.98. The summed E-state index contributed by atoms with van der Waals surface area (Å²) in [7, 11) is 1.77. The maximum absolute atomic E-state index is 5.51. The molecule has 2 heteroatoms. The van der Waals surface area contributed by atoms with Crippen LogP contribution in [0.2, 0.25) is 0 Å². The van der Waals surface area contributed by atoms with Gasteiger partial charge >= 0.3 is 0 Å². The summed E-state index contributed by atoms with van der Waals surface area (Å²) in [6.07, 6.45) is 4.11. The Morgan fingerprint density at radius 2 is 2.14 bits per heavy atom. The van der Waals surface area contributed by atoms with E-state index in [0.29, 0.717) is 5.92 Å². The molecule has 1 aliphatic rings. The van der Waals surface area contributed by atoms with Crippen LogP contribution in [0.3, 0.4) is 0 Å². The van der Waals surface area contributed by atoms with Gasteiger partial charge in [-0.2, -0.15) is 0 Å². The van der Waals surface area contributed by atoms with Gasteiger partial charge in [0.25, 0.3) is 0 Å². The molecule has 0 radical (unpaired) electrons. The van der Waals surface area contributed by atoms with Crippen LogP contribution >= 0.6 is 0 Å². The first-order chi connectivity index (χ1) is 6.68. The fourth-order valence-corrected chi connectivity index (χ4v) is 1.73. The molecule has 0 aromatic carbocycles. The summed E-state index contributed by atoms with van der Waals surface area (Å²) in [5.41, 5.74) is 2.40. The number of ether oxygens (including phenoxy) is 1. The topological polar surface area (TPSA) is 22.1 Å². The smallest absolute Gasteiger partial charge is 0.110 e. The van der Waals surface area contributed by atoms with E-state index in [0.717, 1.165) is 18.5 Å². The van der Waals surface area contributed by atoms with Crippen molar-refractivity contribution in [3.63, 3.8) is 0 Å². The van der Waals surface area contributed by atoms with Gasteiger partial charge in [0.1, 0.15) is 5.60 Å². The Morgan fingerprint density at radius 1 is 1.43 bits per heavy atom. The zero-order valence-corrected chi connectivity index (χ0v) is 9.08. The number of hydrogen-bond donors (Lipinski definition) is 0. The Hall–Kier alpha value is -0.890. The fourth-order valence-electron chi connectivity index (χ4n) is 1.73. The number of hydrogen-bond acceptors (Lipinski definition) is 2. The molecule has 0 spiro atoms. The van der Waals surface area contributed by atoms with E-state index >= 15 is 0 Å². The third-order valence-corrected chi connectivity index (χ3v) is 3.01. The van der Waals surface area contributed by atoms with E-state index < -0.39 is 0 Å². The predicted octanol–water partition coefficient (Wildman–Crippen LogP) is 2.84. The molecule has 1 fully saturated rings. The molecule has 2 nitrogen and oxygen atoms in total. The molecule has 0 saturated heterocycles. The minimum atomic E-state index is -0.0507. The summed E-state index contributed by atoms with van der Waals surface area (Å²) in [4.78, 5) is 4.40. The van der Waals surface area contributed by atoms with Crippen LogP contribution in [0, 0.1) is 0 Å². The molecule has 1 aliphatic carbocycles. The first-order valence-corrected chi connectivity index (χ1v) is 5.19. The van der Waals surface area contributed by atoms with Gasteiger partial charge in [0, 0.05) is 13.3 Å². The molecule has 1 aromatic rings. The lowest BCUT2D eigenvalue weighted by Crippen LogP contribution is -2.11. The van der Waals surface area contributed by atoms with Gasteiger partial charge in [0.15, 0.2) is 0 Å². The molecule has 0 unspecified atom stereocenters. The van der Waals surface area contributed by atoms with Gasteiger partial charge < -0.3 is 4.74 Å². The Kier molecular flexibility index (Phi) is 2.31. The van der Waals surface area contributed by atoms with Gasteiger partial charge in [-0.25, -0.2) is 0 Å². The van der Waals surface area contributed by atoms with Gasteiger partial charge in [-0.1, -0.05) is 13.8 Å². The molecule has 0 amide bonds. The van der Waals surface area contributed by atoms with Crippen molar-refractivity contribution in [2.45, 2.75) is 38.2 Å². The van der Waals surface area contributed by atoms with Crippen molar-refractivity contribution in [2.24, 2.45) is 0 Å². The van der Waals surface area contributed by atoms with Crippen molar-refractivity contribution >= 4 is 0 Å². The number of aromatic nitrogens is 1. The molecular weight excluding hydrogens is 174 g/mol. The maximum Gasteiger partial charge on any atom is 0.110 e. The summed E-state index contributed by atoms with van der Waals surface area (Å²) < 4.78 is 5.51. The first-order valence-electron chi connectivity index (χ1n) is 5.19. The molecule has 14 heavy (non-hydrogen) atoms. The predicted molar refractivity (Wildman–Crippen MR) is 56.2 cm³/mol. The molecule has 0 atom stereocenters. The highest BCUT2D eigenvalue weighted by Crippen LogP contribution is 2.48. The zero-order valence-electron chi connectivity index (χ0n) is 9.08. The van der Waals surface area contributed by atoms with Crippen molar-refractivity contribution in [1.82, 2.24) is 4.98 Å². The lowest BCUT2D eigenvalue weighted by molar-refractivity contribution is 0.0751. The monoisotopic (exact) mass is 191 g/mol. The summed E-state index contributed by atoms with van der Waals surface area (Å²) >= 11 is 0. The first kappa shape index (κ1) is 9.66. The van der Waals surface area contributed by atoms with Crippen LogP contribution in [-0.2, 0) is 10.3 Å². The number of rotatable bonds is 3. The van der Waals surface area contributed by atoms with Crippen molar-refractivity contribution in [2.75, 3.05) is 7.11 Å². The van der Waals surface area contributed by atoms with E-state index in [4.69, 9.17) is 4.74 Å². The van der Waals surface area contributed by atoms with Crippen molar-refractivity contribution in [3.05, 3.63) is 29.6 Å². The highest BCUT2D eigenvalue weighted by Gasteiger charge is 2.46. The van der Waals surface area contributed by atoms with Crippen LogP contribution < -0.4 is 0 Å². The Morgan fingerprint density at radius 3 is 2.64 bits per heavy atom. The van der Waals surface area contributed by atoms with Gasteiger partial charge in [-0.15, -0.1) is 0 Å². The van der Waals surface area contributed by atoms with Crippen molar-refractivity contribution in [1.29, 1.82) is 0 Å². The van der Waals surface area contributed by atoms with Crippen molar-refractivity contribution < 1.29 is 4.74 Å². The van der Waals surface area contributed by atoms with E-state index in [9.17, 15) is 0 Å². The second-order valence-corrected chi connectivity index (χ2v) is 4.33. The number of nitrogens with zero attached hydrogens (tertiary/aromatic N) is 1. The van der Waals surface area contributed by atoms with Crippen LogP contribution in [-0.4, -0.2) is 12.1 Å². The largest absolute Gasteiger partial charge is 0.372 e. The van der Waals surface area contributed by atoms with E-state index in [1.54, 1.807) is 7.11 Å². The number of pyridine rings is 1. The van der Waals surface area contributed by atoms with E-state index in [1.165, 1.54) is 5.56 Å². The molecule has 0 aliphatic heterocycles. The molecule has 0 N–H and O–H groups in total. The molecular formula is C12H17NO. The number of methoxy groups -OCH3 is 1. The van der Waals surface area contributed by atoms with Gasteiger partial charge in [-0.3, -0.25) is 4.98 Å². The molecule has 1 heterocycles. The molecule has 1 saturated carbocycles. The third kappa shape index (κ3) is 1.55. The summed E-state index contributed by atoms with van der Waals surface area (Å²) in [6, 6.07) is 4.26. The van der Waals surface area contributed by atoms with E-state index in [2.05, 4.69) is 31.0 Å². The van der Waals surface area contributed by atoms with E-state index in [-0.39, 0.29) is 5.60 Å². The lowest BCUT2D eigenvalue weighted by Gasteiger charge is -2.14. The second-order valence-electron chi connectivity index (χ2n) is 4.33. The quantitative estimate of drug-likeness (QED) is 0.733. The maximum atomic E-state index is 5.51. The van der Waals surface area contributed by atoms with Crippen LogP contribution in [0.15, 0.2) is 18.3 Å². The van der Waals surface area contributed by atoms with Crippen molar-refractivity contribution in [3.8, 4) is 0 Å². The minimum absolute atomic E-state index is 0.0507. The van der Waals surface area contributed by atoms with E-state index in [1.807, 2.05) is 6.20 Å². The highest BCUT2D eigenvalue weighted by molar-refractivity contribution is 5.27. The Balaban J connectivity index is 2.31. The third-order valence-electron chi connectivity index (χ3n) is 3.01. The van der Waals surface area contributed by atoms with Crippen LogP contribution in [0.5, 0.6) is 0 Å². The van der Waals surface area contributed by atoms with Gasteiger partial charge in [0.2, 0.25) is 0 Å². The second kappa shape index (κ2) is 3.35. The molecule has 2 rings (SSSR count). The molecule has 0 bridgehead atoms. The SMILES string of the molecule is COC1(c2cc(C(C)C)ccn2)CC1. The molecule has 76 valence electrons. The highest BCUT2D eigenvalue weighted by atomic mass is 16.5. The zero-order chi connectivity index (χ0) is 10.2. The normalized spacial score (nSPS) is 18.6. The summed E-state index contributed by atoms with van der Waals surface area (Å²) in [6.45, 7) is 4.40. The van der Waals surface area contributed by atoms with Crippen LogP contribution in [0.4, 0.5) is 0 Å². The standard InChI is InChI=1S/C12H17NO/c1-9(2)10-4-7-13-11(8-10)12(14-3)5-6-12/h4,7-9H,5-6H2,1-3H3. The van der Waals surface area contributed by atoms with Gasteiger partial charge in [0.05, 0.1) is 5.69 Å². The average molecular weight is 191 g/mol. The Labute approximate surface area is 85.3 Å². The summed E-state index contributed by atoms with van der Waals surface area (Å²) in [5, 5.41) is 0. The van der Waals surface area contributed by atoms with Crippen LogP contribution in [0.25, 0.3) is 0 Å². The Bertz CT molecular complexity index is 329. The molecule has 1 aromatic heterocycles. The summed E-state index contributed by atoms with van der Waals surface area (Å²) in [5.74, 6) is 0.560. The van der Waals surface area contributed by atoms with Crippen LogP contribution in [0.1, 0.15) is 43.9 Å². The lowest BCUT2D eigenvalue weighted by atomic mass is 10.0.